The van der Waals surface area contributed by atoms with Crippen molar-refractivity contribution in [3.63, 3.8) is 0 Å². The van der Waals surface area contributed by atoms with Gasteiger partial charge in [0.2, 0.25) is 0 Å². The molecule has 2 aromatic rings. The molecule has 1 aromatic heterocycles. The zero-order valence-electron chi connectivity index (χ0n) is 17.9. The lowest BCUT2D eigenvalue weighted by atomic mass is 10.1. The summed E-state index contributed by atoms with van der Waals surface area (Å²) in [5, 5.41) is 2.56. The first-order valence-electron chi connectivity index (χ1n) is 9.91. The summed E-state index contributed by atoms with van der Waals surface area (Å²) in [6.07, 6.45) is 6.48. The second-order valence-electron chi connectivity index (χ2n) is 7.97. The summed E-state index contributed by atoms with van der Waals surface area (Å²) in [5.74, 6) is -0.550. The number of ether oxygens (including phenoxy) is 2. The highest BCUT2D eigenvalue weighted by Crippen LogP contribution is 2.14. The van der Waals surface area contributed by atoms with Gasteiger partial charge >= 0.3 is 12.1 Å². The normalized spacial score (nSPS) is 12.3. The molecule has 0 fully saturated rings. The van der Waals surface area contributed by atoms with Crippen molar-refractivity contribution in [2.24, 2.45) is 0 Å². The summed E-state index contributed by atoms with van der Waals surface area (Å²) in [4.78, 5) is 28.5. The molecule has 1 amide bonds. The number of esters is 1. The van der Waals surface area contributed by atoms with Crippen LogP contribution in [0.1, 0.15) is 51.8 Å². The number of amides is 1. The zero-order chi connectivity index (χ0) is 21.4. The fourth-order valence-corrected chi connectivity index (χ4v) is 2.82. The van der Waals surface area contributed by atoms with Crippen LogP contribution in [-0.2, 0) is 27.1 Å². The highest BCUT2D eigenvalue weighted by Gasteiger charge is 2.26. The fraction of sp³-hybridized carbons (Fsp3) is 0.500. The van der Waals surface area contributed by atoms with Gasteiger partial charge in [-0.25, -0.2) is 14.6 Å². The van der Waals surface area contributed by atoms with E-state index in [-0.39, 0.29) is 6.42 Å². The van der Waals surface area contributed by atoms with Crippen molar-refractivity contribution in [3.05, 3.63) is 48.0 Å². The number of carbonyl (C=O) groups is 2. The number of nitrogens with zero attached hydrogens (tertiary/aromatic N) is 2. The monoisotopic (exact) mass is 401 g/mol. The summed E-state index contributed by atoms with van der Waals surface area (Å²) >= 11 is 0. The third kappa shape index (κ3) is 7.25. The lowest BCUT2D eigenvalue weighted by Gasteiger charge is -2.22. The van der Waals surface area contributed by atoms with E-state index in [2.05, 4.69) is 29.4 Å². The molecule has 29 heavy (non-hydrogen) atoms. The SMILES string of the molecule is CCCCc1ccc(-n2cnc(C[C@H](NC(=O)OC(C)(C)C)C(=O)OC)c2)cc1. The molecule has 0 saturated heterocycles. The Morgan fingerprint density at radius 2 is 1.90 bits per heavy atom. The number of alkyl carbamates (subject to hydrolysis) is 1. The maximum absolute atomic E-state index is 12.1. The summed E-state index contributed by atoms with van der Waals surface area (Å²) in [5.41, 5.74) is 2.30. The van der Waals surface area contributed by atoms with E-state index < -0.39 is 23.7 Å². The van der Waals surface area contributed by atoms with Gasteiger partial charge in [0.25, 0.3) is 0 Å². The number of aryl methyl sites for hydroxylation is 1. The first-order chi connectivity index (χ1) is 13.7. The topological polar surface area (TPSA) is 82.5 Å². The minimum atomic E-state index is -0.880. The largest absolute Gasteiger partial charge is 0.467 e. The Morgan fingerprint density at radius 1 is 1.21 bits per heavy atom. The molecule has 1 atom stereocenters. The second-order valence-corrected chi connectivity index (χ2v) is 7.97. The predicted octanol–water partition coefficient (Wildman–Crippen LogP) is 3.82. The second kappa shape index (κ2) is 10.1. The van der Waals surface area contributed by atoms with Crippen LogP contribution in [0.5, 0.6) is 0 Å². The van der Waals surface area contributed by atoms with E-state index >= 15 is 0 Å². The van der Waals surface area contributed by atoms with Gasteiger partial charge in [-0.05, 0) is 51.3 Å². The Balaban J connectivity index is 2.06. The third-order valence-electron chi connectivity index (χ3n) is 4.28. The highest BCUT2D eigenvalue weighted by molar-refractivity contribution is 5.81. The van der Waals surface area contributed by atoms with Crippen molar-refractivity contribution in [2.75, 3.05) is 7.11 Å². The molecular weight excluding hydrogens is 370 g/mol. The number of rotatable bonds is 8. The number of benzene rings is 1. The fourth-order valence-electron chi connectivity index (χ4n) is 2.82. The van der Waals surface area contributed by atoms with Crippen LogP contribution in [0.25, 0.3) is 5.69 Å². The Morgan fingerprint density at radius 3 is 2.48 bits per heavy atom. The molecule has 1 heterocycles. The van der Waals surface area contributed by atoms with E-state index in [9.17, 15) is 9.59 Å². The zero-order valence-corrected chi connectivity index (χ0v) is 17.9. The van der Waals surface area contributed by atoms with E-state index in [1.54, 1.807) is 27.1 Å². The number of aromatic nitrogens is 2. The Hall–Kier alpha value is -2.83. The lowest BCUT2D eigenvalue weighted by Crippen LogP contribution is -2.45. The minimum absolute atomic E-state index is 0.202. The molecule has 1 aromatic carbocycles. The van der Waals surface area contributed by atoms with Gasteiger partial charge < -0.3 is 19.4 Å². The van der Waals surface area contributed by atoms with Gasteiger partial charge in [-0.2, -0.15) is 0 Å². The average molecular weight is 402 g/mol. The van der Waals surface area contributed by atoms with Crippen LogP contribution in [0.15, 0.2) is 36.8 Å². The van der Waals surface area contributed by atoms with Crippen LogP contribution in [0.4, 0.5) is 4.79 Å². The number of imidazole rings is 1. The average Bonchev–Trinajstić information content (AvgIpc) is 3.12. The van der Waals surface area contributed by atoms with Crippen molar-refractivity contribution in [1.82, 2.24) is 14.9 Å². The van der Waals surface area contributed by atoms with Crippen LogP contribution in [-0.4, -0.2) is 40.4 Å². The molecule has 0 unspecified atom stereocenters. The van der Waals surface area contributed by atoms with Gasteiger partial charge in [0, 0.05) is 18.3 Å². The van der Waals surface area contributed by atoms with Crippen LogP contribution in [0.2, 0.25) is 0 Å². The molecular formula is C22H31N3O4. The van der Waals surface area contributed by atoms with Gasteiger partial charge in [0.05, 0.1) is 19.1 Å². The summed E-state index contributed by atoms with van der Waals surface area (Å²) in [6, 6.07) is 7.45. The Kier molecular flexibility index (Phi) is 7.82. The molecule has 0 bridgehead atoms. The van der Waals surface area contributed by atoms with Gasteiger partial charge in [0.15, 0.2) is 0 Å². The number of carbonyl (C=O) groups excluding carboxylic acids is 2. The van der Waals surface area contributed by atoms with Gasteiger partial charge in [-0.1, -0.05) is 25.5 Å². The molecule has 0 radical (unpaired) electrons. The molecule has 0 aliphatic carbocycles. The van der Waals surface area contributed by atoms with E-state index in [0.29, 0.717) is 5.69 Å². The van der Waals surface area contributed by atoms with Gasteiger partial charge in [-0.3, -0.25) is 0 Å². The van der Waals surface area contributed by atoms with Crippen molar-refractivity contribution in [2.45, 2.75) is 65.0 Å². The highest BCUT2D eigenvalue weighted by atomic mass is 16.6. The summed E-state index contributed by atoms with van der Waals surface area (Å²) < 4.78 is 11.9. The maximum Gasteiger partial charge on any atom is 0.408 e. The number of hydrogen-bond donors (Lipinski definition) is 1. The quantitative estimate of drug-likeness (QED) is 0.680. The van der Waals surface area contributed by atoms with Crippen LogP contribution in [0.3, 0.4) is 0 Å². The predicted molar refractivity (Wildman–Crippen MR) is 111 cm³/mol. The molecule has 0 aliphatic heterocycles. The molecule has 7 heteroatoms. The summed E-state index contributed by atoms with van der Waals surface area (Å²) in [6.45, 7) is 7.46. The van der Waals surface area contributed by atoms with Gasteiger partial charge in [-0.15, -0.1) is 0 Å². The van der Waals surface area contributed by atoms with Crippen molar-refractivity contribution in [3.8, 4) is 5.69 Å². The first kappa shape index (κ1) is 22.5. The third-order valence-corrected chi connectivity index (χ3v) is 4.28. The molecule has 0 saturated carbocycles. The molecule has 158 valence electrons. The van der Waals surface area contributed by atoms with Crippen molar-refractivity contribution >= 4 is 12.1 Å². The van der Waals surface area contributed by atoms with Crippen LogP contribution in [0, 0.1) is 0 Å². The smallest absolute Gasteiger partial charge is 0.408 e. The number of methoxy groups -OCH3 is 1. The van der Waals surface area contributed by atoms with E-state index in [4.69, 9.17) is 9.47 Å². The Bertz CT molecular complexity index is 806. The Labute approximate surface area is 172 Å². The minimum Gasteiger partial charge on any atom is -0.467 e. The first-order valence-corrected chi connectivity index (χ1v) is 9.91. The molecule has 7 nitrogen and oxygen atoms in total. The molecule has 1 N–H and O–H groups in total. The summed E-state index contributed by atoms with van der Waals surface area (Å²) in [7, 11) is 1.28. The van der Waals surface area contributed by atoms with E-state index in [1.807, 2.05) is 22.9 Å². The van der Waals surface area contributed by atoms with Crippen LogP contribution >= 0.6 is 0 Å². The molecule has 0 aliphatic rings. The maximum atomic E-state index is 12.1. The van der Waals surface area contributed by atoms with Gasteiger partial charge in [0.1, 0.15) is 11.6 Å². The lowest BCUT2D eigenvalue weighted by molar-refractivity contribution is -0.143. The van der Waals surface area contributed by atoms with Crippen molar-refractivity contribution in [1.29, 1.82) is 0 Å². The number of unbranched alkanes of at least 4 members (excludes halogenated alkanes) is 1. The molecule has 2 rings (SSSR count). The van der Waals surface area contributed by atoms with Crippen LogP contribution < -0.4 is 5.32 Å². The number of hydrogen-bond acceptors (Lipinski definition) is 5. The molecule has 0 spiro atoms. The van der Waals surface area contributed by atoms with E-state index in [0.717, 1.165) is 12.1 Å². The standard InChI is InChI=1S/C22H31N3O4/c1-6-7-8-16-9-11-18(12-10-16)25-14-17(23-15-25)13-19(20(26)28-5)24-21(27)29-22(2,3)4/h9-12,14-15,19H,6-8,13H2,1-5H3,(H,24,27)/t19-/m0/s1. The van der Waals surface area contributed by atoms with E-state index in [1.165, 1.54) is 25.5 Å². The van der Waals surface area contributed by atoms with Crippen molar-refractivity contribution < 1.29 is 19.1 Å². The number of nitrogens with one attached hydrogen (secondary N) is 1.